The first kappa shape index (κ1) is 24.4. The van der Waals surface area contributed by atoms with E-state index in [1.54, 1.807) is 6.20 Å². The summed E-state index contributed by atoms with van der Waals surface area (Å²) in [5.41, 5.74) is 1.59. The monoisotopic (exact) mass is 380 g/mol. The van der Waals surface area contributed by atoms with Crippen LogP contribution in [0.3, 0.4) is 0 Å². The van der Waals surface area contributed by atoms with Crippen molar-refractivity contribution in [2.24, 2.45) is 0 Å². The van der Waals surface area contributed by atoms with Crippen molar-refractivity contribution in [3.63, 3.8) is 0 Å². The number of amides is 1. The summed E-state index contributed by atoms with van der Waals surface area (Å²) in [6, 6.07) is 6.14. The molecule has 9 heteroatoms. The molecule has 1 aromatic heterocycles. The first-order valence-electron chi connectivity index (χ1n) is 6.72. The van der Waals surface area contributed by atoms with E-state index in [0.717, 1.165) is 16.5 Å². The van der Waals surface area contributed by atoms with E-state index in [-0.39, 0.29) is 116 Å². The summed E-state index contributed by atoms with van der Waals surface area (Å²) in [7, 11) is 0. The van der Waals surface area contributed by atoms with Gasteiger partial charge in [-0.3, -0.25) is 4.79 Å². The van der Waals surface area contributed by atoms with Gasteiger partial charge in [0.05, 0.1) is 12.0 Å². The van der Waals surface area contributed by atoms with Crippen LogP contribution in [0.4, 0.5) is 0 Å². The van der Waals surface area contributed by atoms with Crippen LogP contribution in [-0.2, 0) is 20.8 Å². The maximum atomic E-state index is 11.6. The van der Waals surface area contributed by atoms with E-state index in [0.29, 0.717) is 0 Å². The molecule has 7 nitrogen and oxygen atoms in total. The van der Waals surface area contributed by atoms with Gasteiger partial charge in [0.2, 0.25) is 5.91 Å². The number of hydrogen-bond acceptors (Lipinski definition) is 5. The number of benzene rings is 1. The Morgan fingerprint density at radius 3 is 2.38 bits per heavy atom. The van der Waals surface area contributed by atoms with Crippen LogP contribution in [0.2, 0.25) is 0 Å². The summed E-state index contributed by atoms with van der Waals surface area (Å²) in [6.07, 6.45) is 0.927. The van der Waals surface area contributed by atoms with Crippen LogP contribution in [-0.4, -0.2) is 28.9 Å². The van der Waals surface area contributed by atoms with Crippen molar-refractivity contribution >= 4 is 28.7 Å². The summed E-state index contributed by atoms with van der Waals surface area (Å²) in [5.74, 6) is -3.46. The van der Waals surface area contributed by atoms with E-state index in [4.69, 9.17) is 0 Å². The number of fused-ring (bicyclic) bond motifs is 1. The Morgan fingerprint density at radius 1 is 1.08 bits per heavy atom. The van der Waals surface area contributed by atoms with Crippen LogP contribution in [0, 0.1) is 0 Å². The normalized spacial score (nSPS) is 11.0. The van der Waals surface area contributed by atoms with Gasteiger partial charge >= 0.3 is 103 Å². The zero-order valence-electron chi connectivity index (χ0n) is 13.6. The van der Waals surface area contributed by atoms with Crippen molar-refractivity contribution in [1.82, 2.24) is 10.3 Å². The molecule has 0 bridgehead atoms. The molecule has 0 aliphatic rings. The minimum Gasteiger partial charge on any atom is -0.550 e. The number of aromatic amines is 1. The average molecular weight is 380 g/mol. The predicted molar refractivity (Wildman–Crippen MR) is 73.2 cm³/mol. The Hall–Kier alpha value is 0.443. The second-order valence-electron chi connectivity index (χ2n) is 4.87. The van der Waals surface area contributed by atoms with Crippen molar-refractivity contribution in [3.05, 3.63) is 36.0 Å². The van der Waals surface area contributed by atoms with Crippen LogP contribution in [0.15, 0.2) is 30.5 Å². The van der Waals surface area contributed by atoms with Crippen molar-refractivity contribution in [1.29, 1.82) is 0 Å². The number of nitrogens with one attached hydrogen (secondary N) is 2. The maximum absolute atomic E-state index is 11.6. The first-order chi connectivity index (χ1) is 10.5. The van der Waals surface area contributed by atoms with E-state index in [1.807, 2.05) is 24.3 Å². The van der Waals surface area contributed by atoms with Gasteiger partial charge in [-0.05, 0) is 18.1 Å². The fraction of sp³-hybridized carbons (Fsp3) is 0.267. The maximum Gasteiger partial charge on any atom is 1.00 e. The number of carboxylic acid groups (broad SMARTS) is 2. The van der Waals surface area contributed by atoms with E-state index >= 15 is 0 Å². The number of para-hydroxylation sites is 1. The summed E-state index contributed by atoms with van der Waals surface area (Å²) in [4.78, 5) is 36.0. The topological polar surface area (TPSA) is 125 Å². The van der Waals surface area contributed by atoms with Gasteiger partial charge in [-0.25, -0.2) is 0 Å². The Morgan fingerprint density at radius 2 is 1.75 bits per heavy atom. The number of carbonyl (C=O) groups is 3. The van der Waals surface area contributed by atoms with Gasteiger partial charge < -0.3 is 30.1 Å². The molecule has 2 rings (SSSR count). The van der Waals surface area contributed by atoms with Crippen molar-refractivity contribution < 1.29 is 127 Å². The first-order valence-corrected chi connectivity index (χ1v) is 6.72. The molecule has 1 aromatic carbocycles. The minimum absolute atomic E-state index is 0. The van der Waals surface area contributed by atoms with Gasteiger partial charge in [0, 0.05) is 35.9 Å². The van der Waals surface area contributed by atoms with Crippen LogP contribution >= 0.6 is 0 Å². The molecule has 1 heterocycles. The van der Waals surface area contributed by atoms with Gasteiger partial charge in [-0.1, -0.05) is 18.2 Å². The number of aromatic nitrogens is 1. The molecular weight excluding hydrogens is 366 g/mol. The van der Waals surface area contributed by atoms with Gasteiger partial charge in [-0.15, -0.1) is 0 Å². The zero-order valence-corrected chi connectivity index (χ0v) is 19.9. The number of rotatable bonds is 7. The summed E-state index contributed by atoms with van der Waals surface area (Å²) in [5, 5.41) is 24.6. The van der Waals surface area contributed by atoms with Crippen LogP contribution in [0.5, 0.6) is 0 Å². The quantitative estimate of drug-likeness (QED) is 0.462. The molecule has 24 heavy (non-hydrogen) atoms. The van der Waals surface area contributed by atoms with E-state index in [2.05, 4.69) is 10.3 Å². The Balaban J connectivity index is 0.00000264. The fourth-order valence-electron chi connectivity index (χ4n) is 2.20. The Labute approximate surface area is 223 Å². The van der Waals surface area contributed by atoms with Crippen LogP contribution in [0.1, 0.15) is 18.4 Å². The average Bonchev–Trinajstić information content (AvgIpc) is 2.87. The summed E-state index contributed by atoms with van der Waals surface area (Å²) in [6.45, 7) is 0. The van der Waals surface area contributed by atoms with E-state index in [9.17, 15) is 24.6 Å². The molecule has 0 saturated heterocycles. The van der Waals surface area contributed by atoms with Gasteiger partial charge in [0.1, 0.15) is 0 Å². The molecule has 0 fully saturated rings. The SMILES string of the molecule is O=C([O-])CCC(=O)NC(Cc1c[nH]c2ccccc12)C(=O)[O-].[K+].[K+]. The largest absolute Gasteiger partial charge is 1.00 e. The number of carbonyl (C=O) groups excluding carboxylic acids is 3. The zero-order chi connectivity index (χ0) is 16.1. The van der Waals surface area contributed by atoms with Gasteiger partial charge in [0.15, 0.2) is 0 Å². The molecule has 116 valence electrons. The van der Waals surface area contributed by atoms with Gasteiger partial charge in [0.25, 0.3) is 0 Å². The molecule has 1 amide bonds. The number of carboxylic acids is 2. The third kappa shape index (κ3) is 7.36. The van der Waals surface area contributed by atoms with E-state index in [1.165, 1.54) is 0 Å². The smallest absolute Gasteiger partial charge is 0.550 e. The second kappa shape index (κ2) is 11.9. The van der Waals surface area contributed by atoms with Crippen molar-refractivity contribution in [2.45, 2.75) is 25.3 Å². The molecule has 0 aliphatic carbocycles. The molecular formula is C15H14K2N2O5. The van der Waals surface area contributed by atoms with Crippen LogP contribution < -0.4 is 118 Å². The molecule has 1 unspecified atom stereocenters. The van der Waals surface area contributed by atoms with Crippen molar-refractivity contribution in [3.8, 4) is 0 Å². The number of H-pyrrole nitrogens is 1. The summed E-state index contributed by atoms with van der Waals surface area (Å²) >= 11 is 0. The Kier molecular flexibility index (Phi) is 12.2. The predicted octanol–water partition coefficient (Wildman–Crippen LogP) is -7.52. The molecule has 2 aromatic rings. The van der Waals surface area contributed by atoms with Gasteiger partial charge in [-0.2, -0.15) is 0 Å². The van der Waals surface area contributed by atoms with Crippen LogP contribution in [0.25, 0.3) is 10.9 Å². The summed E-state index contributed by atoms with van der Waals surface area (Å²) < 4.78 is 0. The third-order valence-corrected chi connectivity index (χ3v) is 3.27. The number of hydrogen-bond donors (Lipinski definition) is 2. The minimum atomic E-state index is -1.42. The van der Waals surface area contributed by atoms with E-state index < -0.39 is 30.3 Å². The Bertz CT molecular complexity index is 717. The second-order valence-corrected chi connectivity index (χ2v) is 4.87. The van der Waals surface area contributed by atoms with Crippen molar-refractivity contribution in [2.75, 3.05) is 0 Å². The standard InChI is InChI=1S/C15H16N2O5.2K/c18-13(5-6-14(19)20)17-12(15(21)22)7-9-8-16-11-4-2-1-3-10(9)11;;/h1-4,8,12,16H,5-7H2,(H,17,18)(H,19,20)(H,21,22);;/q;2*+1/p-2. The molecule has 0 aliphatic heterocycles. The molecule has 1 atom stereocenters. The molecule has 0 saturated carbocycles. The molecule has 0 radical (unpaired) electrons. The third-order valence-electron chi connectivity index (χ3n) is 3.27. The molecule has 2 N–H and O–H groups in total. The molecule has 0 spiro atoms. The fourth-order valence-corrected chi connectivity index (χ4v) is 2.20. The number of aliphatic carboxylic acids is 2.